The van der Waals surface area contributed by atoms with Crippen molar-refractivity contribution in [3.8, 4) is 0 Å². The van der Waals surface area contributed by atoms with Crippen molar-refractivity contribution in [1.82, 2.24) is 4.90 Å². The Hall–Kier alpha value is -2.06. The molecule has 0 spiro atoms. The molecule has 0 bridgehead atoms. The largest absolute Gasteiger partial charge is 0.393 e. The highest BCUT2D eigenvalue weighted by molar-refractivity contribution is 5.49. The molecule has 8 heteroatoms. The van der Waals surface area contributed by atoms with E-state index in [1.54, 1.807) is 0 Å². The van der Waals surface area contributed by atoms with Gasteiger partial charge in [0.1, 0.15) is 0 Å². The summed E-state index contributed by atoms with van der Waals surface area (Å²) in [6.07, 6.45) is 0.287. The molecule has 1 fully saturated rings. The first kappa shape index (κ1) is 15.3. The van der Waals surface area contributed by atoms with Gasteiger partial charge in [0.2, 0.25) is 0 Å². The second-order valence-electron chi connectivity index (χ2n) is 5.40. The Balaban J connectivity index is 2.19. The molecule has 0 aliphatic carbocycles. The molecule has 0 amide bonds. The fourth-order valence-corrected chi connectivity index (χ4v) is 2.57. The van der Waals surface area contributed by atoms with Crippen LogP contribution in [0.25, 0.3) is 0 Å². The minimum Gasteiger partial charge on any atom is -0.393 e. The van der Waals surface area contributed by atoms with Crippen LogP contribution in [0.4, 0.5) is 11.4 Å². The quantitative estimate of drug-likeness (QED) is 0.668. The molecule has 1 saturated heterocycles. The van der Waals surface area contributed by atoms with Crippen LogP contribution in [0.2, 0.25) is 0 Å². The summed E-state index contributed by atoms with van der Waals surface area (Å²) in [6, 6.07) is 3.72. The summed E-state index contributed by atoms with van der Waals surface area (Å²) in [4.78, 5) is 22.6. The number of nitro groups is 2. The number of non-ortho nitro benzene ring substituents is 1. The van der Waals surface area contributed by atoms with Gasteiger partial charge in [-0.15, -0.1) is 0 Å². The van der Waals surface area contributed by atoms with Gasteiger partial charge >= 0.3 is 0 Å². The molecule has 1 aromatic carbocycles. The van der Waals surface area contributed by atoms with E-state index >= 15 is 0 Å². The van der Waals surface area contributed by atoms with Crippen molar-refractivity contribution in [3.63, 3.8) is 0 Å². The SMILES string of the molecule is CC1CN(Cc2ccc([N+](=O)[O-])cc2[N+](=O)[O-])CCC1O. The van der Waals surface area contributed by atoms with Crippen LogP contribution in [0.15, 0.2) is 18.2 Å². The van der Waals surface area contributed by atoms with Gasteiger partial charge in [0.25, 0.3) is 11.4 Å². The normalized spacial score (nSPS) is 23.0. The van der Waals surface area contributed by atoms with E-state index in [0.717, 1.165) is 6.07 Å². The van der Waals surface area contributed by atoms with Crippen LogP contribution in [0.1, 0.15) is 18.9 Å². The summed E-state index contributed by atoms with van der Waals surface area (Å²) in [7, 11) is 0. The molecule has 0 aromatic heterocycles. The molecule has 1 aliphatic rings. The minimum atomic E-state index is -0.643. The minimum absolute atomic E-state index is 0.107. The predicted octanol–water partition coefficient (Wildman–Crippen LogP) is 1.71. The van der Waals surface area contributed by atoms with Gasteiger partial charge in [-0.25, -0.2) is 0 Å². The first-order chi connectivity index (χ1) is 9.88. The van der Waals surface area contributed by atoms with Gasteiger partial charge in [0.05, 0.1) is 22.0 Å². The van der Waals surface area contributed by atoms with Crippen molar-refractivity contribution in [2.24, 2.45) is 5.92 Å². The molecule has 2 unspecified atom stereocenters. The number of rotatable bonds is 4. The summed E-state index contributed by atoms with van der Waals surface area (Å²) < 4.78 is 0. The lowest BCUT2D eigenvalue weighted by Crippen LogP contribution is -2.41. The maximum Gasteiger partial charge on any atom is 0.280 e. The molecule has 2 rings (SSSR count). The molecule has 0 saturated carbocycles. The van der Waals surface area contributed by atoms with E-state index in [0.29, 0.717) is 31.6 Å². The van der Waals surface area contributed by atoms with Gasteiger partial charge in [-0.3, -0.25) is 25.1 Å². The lowest BCUT2D eigenvalue weighted by molar-refractivity contribution is -0.394. The zero-order chi connectivity index (χ0) is 15.6. The van der Waals surface area contributed by atoms with Crippen molar-refractivity contribution < 1.29 is 15.0 Å². The zero-order valence-electron chi connectivity index (χ0n) is 11.6. The lowest BCUT2D eigenvalue weighted by atomic mass is 9.96. The fourth-order valence-electron chi connectivity index (χ4n) is 2.57. The van der Waals surface area contributed by atoms with Crippen molar-refractivity contribution in [2.75, 3.05) is 13.1 Å². The van der Waals surface area contributed by atoms with E-state index in [-0.39, 0.29) is 23.4 Å². The Bertz CT molecular complexity index is 563. The van der Waals surface area contributed by atoms with Gasteiger partial charge in [-0.1, -0.05) is 6.92 Å². The topological polar surface area (TPSA) is 110 Å². The van der Waals surface area contributed by atoms with Gasteiger partial charge in [-0.05, 0) is 18.4 Å². The van der Waals surface area contributed by atoms with E-state index in [1.807, 2.05) is 11.8 Å². The van der Waals surface area contributed by atoms with Crippen molar-refractivity contribution in [2.45, 2.75) is 26.0 Å². The number of hydrogen-bond acceptors (Lipinski definition) is 6. The van der Waals surface area contributed by atoms with Crippen LogP contribution in [-0.2, 0) is 6.54 Å². The monoisotopic (exact) mass is 295 g/mol. The number of piperidine rings is 1. The van der Waals surface area contributed by atoms with Gasteiger partial charge in [0, 0.05) is 31.3 Å². The maximum absolute atomic E-state index is 11.1. The average molecular weight is 295 g/mol. The Labute approximate surface area is 121 Å². The molecule has 1 aliphatic heterocycles. The molecule has 0 radical (unpaired) electrons. The number of aliphatic hydroxyl groups is 1. The first-order valence-corrected chi connectivity index (χ1v) is 6.70. The Morgan fingerprint density at radius 2 is 2.05 bits per heavy atom. The van der Waals surface area contributed by atoms with Crippen LogP contribution in [0.5, 0.6) is 0 Å². The second-order valence-corrected chi connectivity index (χ2v) is 5.40. The highest BCUT2D eigenvalue weighted by atomic mass is 16.6. The number of nitro benzene ring substituents is 2. The lowest BCUT2D eigenvalue weighted by Gasteiger charge is -2.34. The Morgan fingerprint density at radius 1 is 1.33 bits per heavy atom. The van der Waals surface area contributed by atoms with Gasteiger partial charge in [-0.2, -0.15) is 0 Å². The summed E-state index contributed by atoms with van der Waals surface area (Å²) >= 11 is 0. The molecule has 8 nitrogen and oxygen atoms in total. The number of likely N-dealkylation sites (tertiary alicyclic amines) is 1. The number of nitrogens with zero attached hydrogens (tertiary/aromatic N) is 3. The summed E-state index contributed by atoms with van der Waals surface area (Å²) in [6.45, 7) is 3.58. The van der Waals surface area contributed by atoms with E-state index in [2.05, 4.69) is 0 Å². The maximum atomic E-state index is 11.1. The van der Waals surface area contributed by atoms with Crippen molar-refractivity contribution >= 4 is 11.4 Å². The standard InChI is InChI=1S/C13H17N3O5/c1-9-7-14(5-4-13(9)17)8-10-2-3-11(15(18)19)6-12(10)16(20)21/h2-3,6,9,13,17H,4-5,7-8H2,1H3. The van der Waals surface area contributed by atoms with Crippen LogP contribution in [0, 0.1) is 26.1 Å². The molecular weight excluding hydrogens is 278 g/mol. The molecule has 2 atom stereocenters. The van der Waals surface area contributed by atoms with Gasteiger partial charge in [0.15, 0.2) is 0 Å². The molecule has 114 valence electrons. The van der Waals surface area contributed by atoms with E-state index in [4.69, 9.17) is 0 Å². The number of benzene rings is 1. The second kappa shape index (κ2) is 6.15. The third kappa shape index (κ3) is 3.53. The zero-order valence-corrected chi connectivity index (χ0v) is 11.6. The highest BCUT2D eigenvalue weighted by Crippen LogP contribution is 2.27. The molecule has 1 heterocycles. The first-order valence-electron chi connectivity index (χ1n) is 6.70. The smallest absolute Gasteiger partial charge is 0.280 e. The third-order valence-electron chi connectivity index (χ3n) is 3.81. The molecular formula is C13H17N3O5. The fraction of sp³-hybridized carbons (Fsp3) is 0.538. The van der Waals surface area contributed by atoms with E-state index < -0.39 is 9.85 Å². The summed E-state index contributed by atoms with van der Waals surface area (Å²) in [5.74, 6) is 0.107. The van der Waals surface area contributed by atoms with Crippen LogP contribution < -0.4 is 0 Å². The highest BCUT2D eigenvalue weighted by Gasteiger charge is 2.26. The molecule has 1 aromatic rings. The van der Waals surface area contributed by atoms with Crippen LogP contribution in [0.3, 0.4) is 0 Å². The number of hydrogen-bond donors (Lipinski definition) is 1. The predicted molar refractivity (Wildman–Crippen MR) is 74.8 cm³/mol. The third-order valence-corrected chi connectivity index (χ3v) is 3.81. The Morgan fingerprint density at radius 3 is 2.62 bits per heavy atom. The average Bonchev–Trinajstić information content (AvgIpc) is 2.43. The van der Waals surface area contributed by atoms with Crippen LogP contribution >= 0.6 is 0 Å². The summed E-state index contributed by atoms with van der Waals surface area (Å²) in [5, 5.41) is 31.5. The number of aliphatic hydroxyl groups excluding tert-OH is 1. The van der Waals surface area contributed by atoms with Crippen molar-refractivity contribution in [1.29, 1.82) is 0 Å². The van der Waals surface area contributed by atoms with Gasteiger partial charge < -0.3 is 5.11 Å². The van der Waals surface area contributed by atoms with E-state index in [9.17, 15) is 25.3 Å². The molecule has 21 heavy (non-hydrogen) atoms. The van der Waals surface area contributed by atoms with Crippen molar-refractivity contribution in [3.05, 3.63) is 44.0 Å². The van der Waals surface area contributed by atoms with Crippen LogP contribution in [-0.4, -0.2) is 39.0 Å². The Kier molecular flexibility index (Phi) is 4.49. The van der Waals surface area contributed by atoms with E-state index in [1.165, 1.54) is 12.1 Å². The molecule has 1 N–H and O–H groups in total. The summed E-state index contributed by atoms with van der Waals surface area (Å²) in [5.41, 5.74) is -0.0648.